The van der Waals surface area contributed by atoms with E-state index in [2.05, 4.69) is 19.9 Å². The highest BCUT2D eigenvalue weighted by Gasteiger charge is 2.38. The van der Waals surface area contributed by atoms with Gasteiger partial charge in [0.05, 0.1) is 27.7 Å². The van der Waals surface area contributed by atoms with Gasteiger partial charge in [-0.3, -0.25) is 19.7 Å². The van der Waals surface area contributed by atoms with Crippen LogP contribution in [0.5, 0.6) is 0 Å². The molecule has 1 unspecified atom stereocenters. The van der Waals surface area contributed by atoms with Crippen molar-refractivity contribution in [3.05, 3.63) is 230 Å². The van der Waals surface area contributed by atoms with Crippen LogP contribution < -0.4 is 10.7 Å². The summed E-state index contributed by atoms with van der Waals surface area (Å²) in [5.74, 6) is -0.572. The lowest BCUT2D eigenvalue weighted by molar-refractivity contribution is -0.384. The zero-order valence-corrected chi connectivity index (χ0v) is 28.6. The minimum Gasteiger partial charge on any atom is -0.373 e. The van der Waals surface area contributed by atoms with Crippen molar-refractivity contribution >= 4 is 34.2 Å². The Morgan fingerprint density at radius 3 is 1.67 bits per heavy atom. The summed E-state index contributed by atoms with van der Waals surface area (Å²) in [6.07, 6.45) is 3.16. The highest BCUT2D eigenvalue weighted by Crippen LogP contribution is 2.37. The van der Waals surface area contributed by atoms with Crippen molar-refractivity contribution in [3.8, 4) is 0 Å². The van der Waals surface area contributed by atoms with Crippen LogP contribution in [0, 0.1) is 10.1 Å². The summed E-state index contributed by atoms with van der Waals surface area (Å²) in [5, 5.41) is 25.8. The van der Waals surface area contributed by atoms with E-state index in [9.17, 15) is 24.8 Å². The normalized spacial score (nSPS) is 14.7. The Hall–Kier alpha value is -7.43. The fourth-order valence-electron chi connectivity index (χ4n) is 6.79. The van der Waals surface area contributed by atoms with Crippen LogP contribution in [-0.2, 0) is 10.4 Å². The second-order valence-electron chi connectivity index (χ2n) is 12.7. The topological polar surface area (TPSA) is 157 Å². The predicted octanol–water partition coefficient (Wildman–Crippen LogP) is 6.08. The number of carbonyl (C=O) groups excluding carboxylic acids is 2. The second-order valence-corrected chi connectivity index (χ2v) is 12.7. The second kappa shape index (κ2) is 13.9. The van der Waals surface area contributed by atoms with Gasteiger partial charge in [0, 0.05) is 51.3 Å². The first-order chi connectivity index (χ1) is 26.3. The number of aliphatic hydroxyl groups is 1. The van der Waals surface area contributed by atoms with Crippen molar-refractivity contribution in [1.82, 2.24) is 15.0 Å². The standard InChI is InChI=1S/C44H31N5O5/c50-40-27-24-36(48-40)42(29-12-6-2-7-13-29)34-21-20-33(45-34)41(28-10-4-1-5-11-28)35-22-25-38(46-35)44(52,31-16-18-32(19-17-31)49(53)54)39-26-23-37(47-39)43(51)30-14-8-3-9-15-30/h1-27,45-47,52H/b41-33+,42-34+. The maximum atomic E-state index is 13.4. The van der Waals surface area contributed by atoms with Gasteiger partial charge in [0.15, 0.2) is 5.60 Å². The third kappa shape index (κ3) is 6.23. The van der Waals surface area contributed by atoms with Gasteiger partial charge in [-0.1, -0.05) is 91.0 Å². The number of hydrogen-bond donors (Lipinski definition) is 4. The van der Waals surface area contributed by atoms with Gasteiger partial charge in [0.25, 0.3) is 11.6 Å². The van der Waals surface area contributed by atoms with Crippen LogP contribution in [0.25, 0.3) is 11.1 Å². The minimum atomic E-state index is -1.89. The van der Waals surface area contributed by atoms with E-state index < -0.39 is 10.5 Å². The van der Waals surface area contributed by atoms with Gasteiger partial charge in [-0.05, 0) is 71.3 Å². The quantitative estimate of drug-likeness (QED) is 0.0770. The van der Waals surface area contributed by atoms with E-state index in [-0.39, 0.29) is 28.8 Å². The summed E-state index contributed by atoms with van der Waals surface area (Å²) in [7, 11) is 0. The number of rotatable bonds is 10. The molecule has 0 aliphatic carbocycles. The van der Waals surface area contributed by atoms with Crippen molar-refractivity contribution in [2.24, 2.45) is 4.99 Å². The number of carbonyl (C=O) groups is 2. The lowest BCUT2D eigenvalue weighted by atomic mass is 9.87. The Labute approximate surface area is 308 Å². The Kier molecular flexibility index (Phi) is 8.70. The molecule has 1 aliphatic heterocycles. The number of nitro benzene ring substituents is 1. The summed E-state index contributed by atoms with van der Waals surface area (Å²) in [4.78, 5) is 51.0. The third-order valence-electron chi connectivity index (χ3n) is 9.42. The number of allylic oxidation sites excluding steroid dienone is 1. The maximum Gasteiger partial charge on any atom is 0.270 e. The number of ketones is 1. The highest BCUT2D eigenvalue weighted by atomic mass is 16.6. The number of hydrogen-bond acceptors (Lipinski definition) is 5. The van der Waals surface area contributed by atoms with Crippen LogP contribution in [0.15, 0.2) is 169 Å². The number of non-ortho nitro benzene ring substituents is 1. The molecule has 1 aliphatic rings. The first-order valence-corrected chi connectivity index (χ1v) is 17.1. The number of aromatic amines is 3. The summed E-state index contributed by atoms with van der Waals surface area (Å²) in [6.45, 7) is 0. The molecule has 0 fully saturated rings. The van der Waals surface area contributed by atoms with Gasteiger partial charge in [-0.25, -0.2) is 4.99 Å². The Morgan fingerprint density at radius 1 is 0.593 bits per heavy atom. The Balaban J connectivity index is 1.31. The highest BCUT2D eigenvalue weighted by molar-refractivity contribution is 6.34. The fraction of sp³-hybridized carbons (Fsp3) is 0.0227. The molecule has 0 bridgehead atoms. The SMILES string of the molecule is O=C1C=CC(/C(c2ccccc2)=c2\cc/c(=C(/c3ccccc3)c3ccc(C(O)(c4ccc([N+](=O)[O-])cc4)c4ccc(C(=O)c5ccccc5)[nH]4)[nH]3)[nH]2)=N1. The Morgan fingerprint density at radius 2 is 1.11 bits per heavy atom. The molecular weight excluding hydrogens is 679 g/mol. The Bertz CT molecular complexity index is 2720. The number of nitro groups is 1. The number of aromatic nitrogens is 3. The van der Waals surface area contributed by atoms with Crippen LogP contribution in [0.4, 0.5) is 5.69 Å². The molecule has 0 saturated heterocycles. The molecule has 8 rings (SSSR count). The smallest absolute Gasteiger partial charge is 0.270 e. The van der Waals surface area contributed by atoms with E-state index in [4.69, 9.17) is 0 Å². The molecule has 4 heterocycles. The molecule has 0 radical (unpaired) electrons. The van der Waals surface area contributed by atoms with Crippen molar-refractivity contribution in [2.75, 3.05) is 0 Å². The van der Waals surface area contributed by atoms with Crippen LogP contribution in [-0.4, -0.2) is 42.4 Å². The van der Waals surface area contributed by atoms with E-state index in [1.165, 1.54) is 30.3 Å². The van der Waals surface area contributed by atoms with Gasteiger partial charge in [-0.15, -0.1) is 0 Å². The van der Waals surface area contributed by atoms with Crippen molar-refractivity contribution in [1.29, 1.82) is 0 Å². The molecule has 1 atom stereocenters. The number of H-pyrrole nitrogens is 3. The summed E-state index contributed by atoms with van der Waals surface area (Å²) in [6, 6.07) is 44.7. The van der Waals surface area contributed by atoms with Gasteiger partial charge in [-0.2, -0.15) is 0 Å². The first-order valence-electron chi connectivity index (χ1n) is 17.1. The molecular formula is C44H31N5O5. The van der Waals surface area contributed by atoms with Gasteiger partial charge >= 0.3 is 0 Å². The predicted molar refractivity (Wildman–Crippen MR) is 205 cm³/mol. The molecule has 10 heteroatoms. The molecule has 54 heavy (non-hydrogen) atoms. The van der Waals surface area contributed by atoms with Crippen molar-refractivity contribution in [3.63, 3.8) is 0 Å². The maximum absolute atomic E-state index is 13.4. The first kappa shape index (κ1) is 33.7. The number of amides is 1. The number of nitrogens with zero attached hydrogens (tertiary/aromatic N) is 2. The summed E-state index contributed by atoms with van der Waals surface area (Å²) >= 11 is 0. The average molecular weight is 710 g/mol. The van der Waals surface area contributed by atoms with E-state index in [1.54, 1.807) is 48.5 Å². The molecule has 262 valence electrons. The zero-order valence-electron chi connectivity index (χ0n) is 28.6. The largest absolute Gasteiger partial charge is 0.373 e. The van der Waals surface area contributed by atoms with E-state index in [0.29, 0.717) is 28.2 Å². The third-order valence-corrected chi connectivity index (χ3v) is 9.42. The van der Waals surface area contributed by atoms with Gasteiger partial charge in [0.2, 0.25) is 5.78 Å². The average Bonchev–Trinajstić information content (AvgIpc) is 4.06. The van der Waals surface area contributed by atoms with Gasteiger partial charge < -0.3 is 20.1 Å². The molecule has 0 spiro atoms. The zero-order chi connectivity index (χ0) is 37.2. The molecule has 7 aromatic rings. The van der Waals surface area contributed by atoms with Gasteiger partial charge in [0.1, 0.15) is 0 Å². The fourth-order valence-corrected chi connectivity index (χ4v) is 6.79. The van der Waals surface area contributed by atoms with Crippen LogP contribution >= 0.6 is 0 Å². The summed E-state index contributed by atoms with van der Waals surface area (Å²) in [5.41, 5.74) is 4.24. The lowest BCUT2D eigenvalue weighted by Gasteiger charge is -2.27. The number of aliphatic imine (C=N–C) groups is 1. The van der Waals surface area contributed by atoms with Crippen molar-refractivity contribution in [2.45, 2.75) is 5.60 Å². The number of benzene rings is 4. The van der Waals surface area contributed by atoms with Crippen molar-refractivity contribution < 1.29 is 19.6 Å². The van der Waals surface area contributed by atoms with E-state index in [0.717, 1.165) is 33.0 Å². The summed E-state index contributed by atoms with van der Waals surface area (Å²) < 4.78 is 0. The molecule has 4 aromatic carbocycles. The van der Waals surface area contributed by atoms with Crippen LogP contribution in [0.2, 0.25) is 0 Å². The minimum absolute atomic E-state index is 0.128. The molecule has 4 N–H and O–H groups in total. The molecule has 3 aromatic heterocycles. The molecule has 1 amide bonds. The van der Waals surface area contributed by atoms with Crippen LogP contribution in [0.3, 0.4) is 0 Å². The monoisotopic (exact) mass is 709 g/mol. The molecule has 0 saturated carbocycles. The van der Waals surface area contributed by atoms with E-state index in [1.807, 2.05) is 84.9 Å². The van der Waals surface area contributed by atoms with E-state index >= 15 is 0 Å². The van der Waals surface area contributed by atoms with Crippen LogP contribution in [0.1, 0.15) is 49.8 Å². The number of nitrogens with one attached hydrogen (secondary N) is 3. The lowest BCUT2D eigenvalue weighted by Crippen LogP contribution is -2.30. The molecule has 10 nitrogen and oxygen atoms in total.